The lowest BCUT2D eigenvalue weighted by molar-refractivity contribution is -0.110. The first-order chi connectivity index (χ1) is 3.77. The van der Waals surface area contributed by atoms with Gasteiger partial charge < -0.3 is 15.8 Å². The summed E-state index contributed by atoms with van der Waals surface area (Å²) in [6.07, 6.45) is -0.498. The molecule has 0 rings (SSSR count). The number of hydrogen-bond acceptors (Lipinski definition) is 3. The highest BCUT2D eigenvalue weighted by molar-refractivity contribution is 5.64. The highest BCUT2D eigenvalue weighted by Crippen LogP contribution is 1.64. The molecule has 0 aromatic heterocycles. The van der Waals surface area contributed by atoms with E-state index in [0.29, 0.717) is 6.41 Å². The van der Waals surface area contributed by atoms with Crippen molar-refractivity contribution in [3.05, 3.63) is 0 Å². The van der Waals surface area contributed by atoms with Gasteiger partial charge in [0.05, 0.1) is 0 Å². The normalized spacial score (nSPS) is 7.50. The number of carbonyl (C=O) groups is 2. The van der Waals surface area contributed by atoms with Gasteiger partial charge in [0.25, 0.3) is 0 Å². The van der Waals surface area contributed by atoms with Crippen molar-refractivity contribution in [3.63, 3.8) is 0 Å². The molecule has 46 valence electrons. The molecule has 0 unspecified atom stereocenters. The molecule has 0 spiro atoms. The van der Waals surface area contributed by atoms with Gasteiger partial charge >= 0.3 is 6.09 Å². The summed E-state index contributed by atoms with van der Waals surface area (Å²) in [7, 11) is 0. The predicted octanol–water partition coefficient (Wildman–Crippen LogP) is -1.21. The van der Waals surface area contributed by atoms with Crippen LogP contribution in [0.15, 0.2) is 0 Å². The molecule has 0 bridgehead atoms. The average molecular weight is 118 g/mol. The summed E-state index contributed by atoms with van der Waals surface area (Å²) in [5, 5.41) is 2.08. The van der Waals surface area contributed by atoms with E-state index in [0.717, 1.165) is 0 Å². The van der Waals surface area contributed by atoms with E-state index in [-0.39, 0.29) is 6.73 Å². The Bertz CT molecular complexity index is 92.5. The van der Waals surface area contributed by atoms with Crippen LogP contribution in [0.5, 0.6) is 0 Å². The Labute approximate surface area is 45.8 Å². The molecule has 3 N–H and O–H groups in total. The van der Waals surface area contributed by atoms with Crippen LogP contribution in [0.4, 0.5) is 4.79 Å². The van der Waals surface area contributed by atoms with E-state index < -0.39 is 6.09 Å². The first kappa shape index (κ1) is 6.74. The van der Waals surface area contributed by atoms with Gasteiger partial charge in [-0.05, 0) is 0 Å². The van der Waals surface area contributed by atoms with Gasteiger partial charge in [-0.1, -0.05) is 0 Å². The lowest BCUT2D eigenvalue weighted by Gasteiger charge is -1.95. The third-order valence-corrected chi connectivity index (χ3v) is 0.381. The van der Waals surface area contributed by atoms with Gasteiger partial charge in [-0.3, -0.25) is 4.79 Å². The second-order valence-electron chi connectivity index (χ2n) is 0.930. The molecule has 0 radical (unpaired) electrons. The summed E-state index contributed by atoms with van der Waals surface area (Å²) < 4.78 is 4.08. The third kappa shape index (κ3) is 4.74. The molecule has 0 aromatic rings. The van der Waals surface area contributed by atoms with Crippen molar-refractivity contribution in [3.8, 4) is 0 Å². The van der Waals surface area contributed by atoms with Gasteiger partial charge in [-0.15, -0.1) is 0 Å². The molecule has 0 saturated carbocycles. The van der Waals surface area contributed by atoms with E-state index >= 15 is 0 Å². The Morgan fingerprint density at radius 2 is 2.50 bits per heavy atom. The topological polar surface area (TPSA) is 81.4 Å². The highest BCUT2D eigenvalue weighted by atomic mass is 16.6. The number of primary amides is 1. The Balaban J connectivity index is 2.93. The second-order valence-corrected chi connectivity index (χ2v) is 0.930. The maximum absolute atomic E-state index is 9.72. The fraction of sp³-hybridized carbons (Fsp3) is 0.333. The second kappa shape index (κ2) is 3.91. The number of carbonyl (C=O) groups excluding carboxylic acids is 2. The van der Waals surface area contributed by atoms with Crippen molar-refractivity contribution in [2.75, 3.05) is 6.73 Å². The van der Waals surface area contributed by atoms with Crippen molar-refractivity contribution < 1.29 is 14.3 Å². The molecule has 0 atom stereocenters. The fourth-order valence-electron chi connectivity index (χ4n) is 0.147. The van der Waals surface area contributed by atoms with E-state index in [2.05, 4.69) is 15.8 Å². The molecule has 8 heavy (non-hydrogen) atoms. The van der Waals surface area contributed by atoms with Crippen LogP contribution in [0, 0.1) is 0 Å². The monoisotopic (exact) mass is 118 g/mol. The van der Waals surface area contributed by atoms with E-state index in [4.69, 9.17) is 0 Å². The lowest BCUT2D eigenvalue weighted by Crippen LogP contribution is -2.22. The molecule has 0 fully saturated rings. The van der Waals surface area contributed by atoms with E-state index in [1.54, 1.807) is 0 Å². The van der Waals surface area contributed by atoms with Crippen molar-refractivity contribution in [2.45, 2.75) is 0 Å². The van der Waals surface area contributed by atoms with Gasteiger partial charge in [0.2, 0.25) is 6.41 Å². The zero-order valence-corrected chi connectivity index (χ0v) is 4.09. The Morgan fingerprint density at radius 3 is 2.88 bits per heavy atom. The number of ether oxygens (including phenoxy) is 1. The highest BCUT2D eigenvalue weighted by Gasteiger charge is 1.87. The minimum absolute atomic E-state index is 0.168. The standard InChI is InChI=1S/C3H6N2O3/c4-3(7)8-2-5-1-6/h1H,2H2,(H2,4,7)(H,5,6). The molecule has 0 aromatic carbocycles. The molecule has 0 aliphatic rings. The van der Waals surface area contributed by atoms with Gasteiger partial charge in [0, 0.05) is 0 Å². The average Bonchev–Trinajstić information content (AvgIpc) is 1.66. The summed E-state index contributed by atoms with van der Waals surface area (Å²) in [6.45, 7) is -0.168. The zero-order valence-electron chi connectivity index (χ0n) is 4.09. The largest absolute Gasteiger partial charge is 0.428 e. The quantitative estimate of drug-likeness (QED) is 0.277. The van der Waals surface area contributed by atoms with Crippen LogP contribution in [0.25, 0.3) is 0 Å². The molecular weight excluding hydrogens is 112 g/mol. The van der Waals surface area contributed by atoms with Crippen molar-refractivity contribution in [1.29, 1.82) is 0 Å². The smallest absolute Gasteiger partial charge is 0.406 e. The van der Waals surface area contributed by atoms with Crippen molar-refractivity contribution in [1.82, 2.24) is 5.32 Å². The summed E-state index contributed by atoms with van der Waals surface area (Å²) >= 11 is 0. The van der Waals surface area contributed by atoms with Crippen LogP contribution in [0.3, 0.4) is 0 Å². The lowest BCUT2D eigenvalue weighted by atomic mass is 11.1. The molecule has 0 saturated heterocycles. The minimum atomic E-state index is -0.903. The number of rotatable bonds is 3. The van der Waals surface area contributed by atoms with Crippen LogP contribution < -0.4 is 11.1 Å². The van der Waals surface area contributed by atoms with Gasteiger partial charge in [0.15, 0.2) is 6.73 Å². The van der Waals surface area contributed by atoms with Crippen molar-refractivity contribution >= 4 is 12.5 Å². The first-order valence-corrected chi connectivity index (χ1v) is 1.86. The number of hydrogen-bond donors (Lipinski definition) is 2. The SMILES string of the molecule is NC(=O)OCNC=O. The van der Waals surface area contributed by atoms with Crippen LogP contribution in [-0.4, -0.2) is 19.2 Å². The molecule has 0 aliphatic carbocycles. The molecule has 0 heterocycles. The predicted molar refractivity (Wildman–Crippen MR) is 24.7 cm³/mol. The Hall–Kier alpha value is -1.26. The molecular formula is C3H6N2O3. The van der Waals surface area contributed by atoms with Crippen LogP contribution in [0.2, 0.25) is 0 Å². The molecule has 5 heteroatoms. The van der Waals surface area contributed by atoms with Gasteiger partial charge in [0.1, 0.15) is 0 Å². The molecule has 0 aliphatic heterocycles. The van der Waals surface area contributed by atoms with E-state index in [1.807, 2.05) is 0 Å². The summed E-state index contributed by atoms with van der Waals surface area (Å²) in [6, 6.07) is 0. The van der Waals surface area contributed by atoms with Crippen LogP contribution >= 0.6 is 0 Å². The maximum Gasteiger partial charge on any atom is 0.406 e. The number of nitrogens with two attached hydrogens (primary N) is 1. The Morgan fingerprint density at radius 1 is 1.88 bits per heavy atom. The van der Waals surface area contributed by atoms with Gasteiger partial charge in [-0.25, -0.2) is 4.79 Å². The summed E-state index contributed by atoms with van der Waals surface area (Å²) in [5.74, 6) is 0. The molecule has 2 amide bonds. The minimum Gasteiger partial charge on any atom is -0.428 e. The van der Waals surface area contributed by atoms with Crippen LogP contribution in [-0.2, 0) is 9.53 Å². The van der Waals surface area contributed by atoms with Gasteiger partial charge in [-0.2, -0.15) is 0 Å². The maximum atomic E-state index is 9.72. The zero-order chi connectivity index (χ0) is 6.41. The molecule has 5 nitrogen and oxygen atoms in total. The van der Waals surface area contributed by atoms with Crippen LogP contribution in [0.1, 0.15) is 0 Å². The summed E-state index contributed by atoms with van der Waals surface area (Å²) in [5.41, 5.74) is 4.52. The van der Waals surface area contributed by atoms with E-state index in [9.17, 15) is 9.59 Å². The fourth-order valence-corrected chi connectivity index (χ4v) is 0.147. The number of amides is 2. The Kier molecular flexibility index (Phi) is 3.30. The summed E-state index contributed by atoms with van der Waals surface area (Å²) in [4.78, 5) is 19.2. The van der Waals surface area contributed by atoms with E-state index in [1.165, 1.54) is 0 Å². The van der Waals surface area contributed by atoms with Crippen molar-refractivity contribution in [2.24, 2.45) is 5.73 Å². The number of nitrogens with one attached hydrogen (secondary N) is 1. The first-order valence-electron chi connectivity index (χ1n) is 1.86. The third-order valence-electron chi connectivity index (χ3n) is 0.381.